The Morgan fingerprint density at radius 2 is 1.90 bits per heavy atom. The van der Waals surface area contributed by atoms with Crippen LogP contribution in [-0.2, 0) is 0 Å². The molecule has 0 aliphatic carbocycles. The van der Waals surface area contributed by atoms with Crippen LogP contribution in [0.4, 0.5) is 5.69 Å². The van der Waals surface area contributed by atoms with Crippen LogP contribution >= 0.6 is 27.5 Å². The lowest BCUT2D eigenvalue weighted by Gasteiger charge is -2.17. The molecule has 0 saturated heterocycles. The van der Waals surface area contributed by atoms with Gasteiger partial charge in [0.1, 0.15) is 5.75 Å². The van der Waals surface area contributed by atoms with Crippen molar-refractivity contribution in [3.05, 3.63) is 57.5 Å². The smallest absolute Gasteiger partial charge is 0.138 e. The Balaban J connectivity index is 2.05. The molecule has 0 fully saturated rings. The minimum absolute atomic E-state index is 0.205. The van der Waals surface area contributed by atoms with E-state index < -0.39 is 0 Å². The van der Waals surface area contributed by atoms with Gasteiger partial charge in [-0.25, -0.2) is 0 Å². The first kappa shape index (κ1) is 16.2. The van der Waals surface area contributed by atoms with Crippen molar-refractivity contribution >= 4 is 33.2 Å². The van der Waals surface area contributed by atoms with Gasteiger partial charge in [-0.3, -0.25) is 0 Å². The van der Waals surface area contributed by atoms with Crippen molar-refractivity contribution in [2.45, 2.75) is 26.3 Å². The second-order valence-corrected chi connectivity index (χ2v) is 6.23. The molecule has 2 aromatic carbocycles. The van der Waals surface area contributed by atoms with Crippen LogP contribution in [0.1, 0.15) is 31.9 Å². The summed E-state index contributed by atoms with van der Waals surface area (Å²) in [6.45, 7) is 4.88. The molecule has 0 aromatic heterocycles. The molecular formula is C17H19BrClNO. The summed E-state index contributed by atoms with van der Waals surface area (Å²) in [6.07, 6.45) is 0.969. The van der Waals surface area contributed by atoms with Crippen molar-refractivity contribution < 1.29 is 4.74 Å². The maximum atomic E-state index is 6.24. The molecule has 2 nitrogen and oxygen atoms in total. The summed E-state index contributed by atoms with van der Waals surface area (Å²) in [4.78, 5) is 0. The third-order valence-corrected chi connectivity index (χ3v) is 3.97. The van der Waals surface area contributed by atoms with Crippen molar-refractivity contribution in [2.24, 2.45) is 0 Å². The number of nitrogens with one attached hydrogen (secondary N) is 1. The highest BCUT2D eigenvalue weighted by Gasteiger charge is 2.07. The fourth-order valence-corrected chi connectivity index (χ4v) is 2.50. The lowest BCUT2D eigenvalue weighted by Crippen LogP contribution is -2.06. The van der Waals surface area contributed by atoms with Crippen LogP contribution in [0.15, 0.2) is 46.9 Å². The van der Waals surface area contributed by atoms with Crippen molar-refractivity contribution in [3.63, 3.8) is 0 Å². The fraction of sp³-hybridized carbons (Fsp3) is 0.294. The van der Waals surface area contributed by atoms with Gasteiger partial charge in [0, 0.05) is 16.2 Å². The molecule has 0 aliphatic rings. The zero-order valence-electron chi connectivity index (χ0n) is 12.2. The van der Waals surface area contributed by atoms with Crippen molar-refractivity contribution in [3.8, 4) is 5.75 Å². The zero-order valence-corrected chi connectivity index (χ0v) is 14.5. The van der Waals surface area contributed by atoms with Gasteiger partial charge in [-0.2, -0.15) is 0 Å². The zero-order chi connectivity index (χ0) is 15.2. The third kappa shape index (κ3) is 4.65. The van der Waals surface area contributed by atoms with E-state index in [9.17, 15) is 0 Å². The number of benzene rings is 2. The summed E-state index contributed by atoms with van der Waals surface area (Å²) >= 11 is 9.69. The molecule has 0 amide bonds. The highest BCUT2D eigenvalue weighted by atomic mass is 79.9. The molecule has 0 bridgehead atoms. The van der Waals surface area contributed by atoms with E-state index in [1.165, 1.54) is 5.56 Å². The lowest BCUT2D eigenvalue weighted by atomic mass is 10.1. The fourth-order valence-electron chi connectivity index (χ4n) is 2.00. The van der Waals surface area contributed by atoms with Gasteiger partial charge in [0.25, 0.3) is 0 Å². The van der Waals surface area contributed by atoms with Crippen LogP contribution in [0.2, 0.25) is 5.02 Å². The second-order valence-electron chi connectivity index (χ2n) is 4.91. The number of rotatable bonds is 6. The van der Waals surface area contributed by atoms with Crippen molar-refractivity contribution in [1.82, 2.24) is 0 Å². The van der Waals surface area contributed by atoms with Gasteiger partial charge in [-0.1, -0.05) is 46.6 Å². The topological polar surface area (TPSA) is 21.3 Å². The maximum Gasteiger partial charge on any atom is 0.138 e. The molecule has 2 aromatic rings. The number of anilines is 1. The summed E-state index contributed by atoms with van der Waals surface area (Å²) in [6, 6.07) is 14.3. The minimum atomic E-state index is 0.205. The van der Waals surface area contributed by atoms with Crippen LogP contribution in [-0.4, -0.2) is 6.61 Å². The largest absolute Gasteiger partial charge is 0.492 e. The van der Waals surface area contributed by atoms with E-state index in [1.54, 1.807) is 0 Å². The van der Waals surface area contributed by atoms with Crippen LogP contribution in [0.3, 0.4) is 0 Å². The Bertz CT molecular complexity index is 586. The quantitative estimate of drug-likeness (QED) is 0.668. The van der Waals surface area contributed by atoms with Gasteiger partial charge >= 0.3 is 0 Å². The first-order valence-corrected chi connectivity index (χ1v) is 8.21. The standard InChI is InChI=1S/C17H19BrClNO/c1-3-10-21-17-9-8-15(11-16(17)19)20-12(2)13-4-6-14(18)7-5-13/h4-9,11-12,20H,3,10H2,1-2H3. The molecule has 0 saturated carbocycles. The van der Waals surface area contributed by atoms with Gasteiger partial charge in [0.05, 0.1) is 11.6 Å². The van der Waals surface area contributed by atoms with Crippen molar-refractivity contribution in [1.29, 1.82) is 0 Å². The molecule has 21 heavy (non-hydrogen) atoms. The number of hydrogen-bond donors (Lipinski definition) is 1. The Kier molecular flexibility index (Phi) is 5.95. The summed E-state index contributed by atoms with van der Waals surface area (Å²) in [5, 5.41) is 4.08. The van der Waals surface area contributed by atoms with E-state index in [4.69, 9.17) is 16.3 Å². The normalized spacial score (nSPS) is 12.0. The average Bonchev–Trinajstić information content (AvgIpc) is 2.47. The predicted molar refractivity (Wildman–Crippen MR) is 93.4 cm³/mol. The molecule has 112 valence electrons. The molecule has 4 heteroatoms. The Morgan fingerprint density at radius 3 is 2.52 bits per heavy atom. The first-order valence-electron chi connectivity index (χ1n) is 7.04. The molecule has 0 heterocycles. The van der Waals surface area contributed by atoms with Gasteiger partial charge in [-0.15, -0.1) is 0 Å². The first-order chi connectivity index (χ1) is 10.1. The Morgan fingerprint density at radius 1 is 1.19 bits per heavy atom. The van der Waals surface area contributed by atoms with E-state index in [1.807, 2.05) is 30.3 Å². The van der Waals surface area contributed by atoms with E-state index >= 15 is 0 Å². The summed E-state index contributed by atoms with van der Waals surface area (Å²) < 4.78 is 6.66. The van der Waals surface area contributed by atoms with Crippen molar-refractivity contribution in [2.75, 3.05) is 11.9 Å². The number of ether oxygens (including phenoxy) is 1. The van der Waals surface area contributed by atoms with Gasteiger partial charge < -0.3 is 10.1 Å². The van der Waals surface area contributed by atoms with E-state index in [0.29, 0.717) is 11.6 Å². The van der Waals surface area contributed by atoms with Gasteiger partial charge in [-0.05, 0) is 49.2 Å². The maximum absolute atomic E-state index is 6.24. The average molecular weight is 369 g/mol. The van der Waals surface area contributed by atoms with Gasteiger partial charge in [0.2, 0.25) is 0 Å². The minimum Gasteiger partial charge on any atom is -0.492 e. The SMILES string of the molecule is CCCOc1ccc(NC(C)c2ccc(Br)cc2)cc1Cl. The molecule has 2 rings (SSSR count). The second kappa shape index (κ2) is 7.71. The number of halogens is 2. The molecule has 0 radical (unpaired) electrons. The van der Waals surface area contributed by atoms with Gasteiger partial charge in [0.15, 0.2) is 0 Å². The van der Waals surface area contributed by atoms with E-state index in [2.05, 4.69) is 47.2 Å². The lowest BCUT2D eigenvalue weighted by molar-refractivity contribution is 0.317. The third-order valence-electron chi connectivity index (χ3n) is 3.15. The molecule has 0 aliphatic heterocycles. The molecule has 1 unspecified atom stereocenters. The molecule has 0 spiro atoms. The van der Waals surface area contributed by atoms with Crippen LogP contribution in [0.5, 0.6) is 5.75 Å². The van der Waals surface area contributed by atoms with Crippen LogP contribution in [0.25, 0.3) is 0 Å². The van der Waals surface area contributed by atoms with E-state index in [-0.39, 0.29) is 6.04 Å². The summed E-state index contributed by atoms with van der Waals surface area (Å²) in [5.41, 5.74) is 2.21. The highest BCUT2D eigenvalue weighted by molar-refractivity contribution is 9.10. The summed E-state index contributed by atoms with van der Waals surface area (Å²) in [5.74, 6) is 0.736. The predicted octanol–water partition coefficient (Wildman–Crippen LogP) is 6.06. The highest BCUT2D eigenvalue weighted by Crippen LogP contribution is 2.29. The van der Waals surface area contributed by atoms with Crippen LogP contribution in [0, 0.1) is 0 Å². The van der Waals surface area contributed by atoms with E-state index in [0.717, 1.165) is 22.3 Å². The van der Waals surface area contributed by atoms with Crippen LogP contribution < -0.4 is 10.1 Å². The molecular weight excluding hydrogens is 350 g/mol. The molecule has 1 atom stereocenters. The summed E-state index contributed by atoms with van der Waals surface area (Å²) in [7, 11) is 0. The molecule has 1 N–H and O–H groups in total. The Labute approximate surface area is 139 Å². The number of hydrogen-bond acceptors (Lipinski definition) is 2. The Hall–Kier alpha value is -1.19. The monoisotopic (exact) mass is 367 g/mol.